The highest BCUT2D eigenvalue weighted by Crippen LogP contribution is 2.48. The summed E-state index contributed by atoms with van der Waals surface area (Å²) in [5, 5.41) is 4.40. The number of hydrogen-bond donors (Lipinski definition) is 0. The van der Waals surface area contributed by atoms with Crippen molar-refractivity contribution in [3.05, 3.63) is 47.8 Å². The Hall–Kier alpha value is -1.42. The summed E-state index contributed by atoms with van der Waals surface area (Å²) >= 11 is 3.75. The van der Waals surface area contributed by atoms with Gasteiger partial charge in [-0.1, -0.05) is 48.0 Å². The summed E-state index contributed by atoms with van der Waals surface area (Å²) in [4.78, 5) is 12.3. The molecule has 19 heavy (non-hydrogen) atoms. The predicted octanol–water partition coefficient (Wildman–Crippen LogP) is 3.92. The fourth-order valence-corrected chi connectivity index (χ4v) is 3.16. The Kier molecular flexibility index (Phi) is 2.86. The van der Waals surface area contributed by atoms with Gasteiger partial charge in [-0.2, -0.15) is 5.10 Å². The molecule has 0 radical (unpaired) electrons. The van der Waals surface area contributed by atoms with E-state index in [4.69, 9.17) is 0 Å². The largest absolute Gasteiger partial charge is 0.294 e. The number of halogens is 1. The van der Waals surface area contributed by atoms with Crippen molar-refractivity contribution in [1.82, 2.24) is 9.78 Å². The van der Waals surface area contributed by atoms with Crippen molar-refractivity contribution in [2.24, 2.45) is 5.41 Å². The third kappa shape index (κ3) is 1.94. The zero-order valence-electron chi connectivity index (χ0n) is 10.9. The van der Waals surface area contributed by atoms with Crippen molar-refractivity contribution >= 4 is 21.7 Å². The van der Waals surface area contributed by atoms with Gasteiger partial charge in [-0.3, -0.25) is 4.79 Å². The second-order valence-electron chi connectivity index (χ2n) is 5.64. The molecule has 0 saturated heterocycles. The fraction of sp³-hybridized carbons (Fsp3) is 0.333. The Morgan fingerprint density at radius 3 is 2.68 bits per heavy atom. The maximum absolute atomic E-state index is 12.2. The number of aromatic nitrogens is 2. The van der Waals surface area contributed by atoms with E-state index in [1.807, 2.05) is 35.0 Å². The summed E-state index contributed by atoms with van der Waals surface area (Å²) in [5.41, 5.74) is 2.59. The number of para-hydroxylation sites is 1. The van der Waals surface area contributed by atoms with Crippen LogP contribution in [-0.4, -0.2) is 15.6 Å². The quantitative estimate of drug-likeness (QED) is 0.747. The van der Waals surface area contributed by atoms with Crippen LogP contribution in [0.4, 0.5) is 0 Å². The summed E-state index contributed by atoms with van der Waals surface area (Å²) in [6, 6.07) is 9.92. The highest BCUT2D eigenvalue weighted by atomic mass is 79.9. The van der Waals surface area contributed by atoms with Gasteiger partial charge in [-0.05, 0) is 17.5 Å². The lowest BCUT2D eigenvalue weighted by molar-refractivity contribution is 0.0910. The first-order chi connectivity index (χ1) is 9.00. The Labute approximate surface area is 120 Å². The fourth-order valence-electron chi connectivity index (χ4n) is 2.56. The van der Waals surface area contributed by atoms with Crippen LogP contribution in [-0.2, 0) is 0 Å². The van der Waals surface area contributed by atoms with E-state index in [0.717, 1.165) is 16.9 Å². The number of rotatable bonds is 1. The van der Waals surface area contributed by atoms with Crippen molar-refractivity contribution in [3.8, 4) is 5.69 Å². The van der Waals surface area contributed by atoms with Crippen molar-refractivity contribution in [3.63, 3.8) is 0 Å². The van der Waals surface area contributed by atoms with Gasteiger partial charge in [-0.25, -0.2) is 4.68 Å². The SMILES string of the molecule is CC1(C)CC(=O)c2cnn(-c3ccccc3)c2[C@@H]1Br. The highest BCUT2D eigenvalue weighted by Gasteiger charge is 2.41. The molecule has 1 aliphatic rings. The van der Waals surface area contributed by atoms with Crippen molar-refractivity contribution in [2.75, 3.05) is 0 Å². The number of hydrogen-bond acceptors (Lipinski definition) is 2. The molecule has 0 unspecified atom stereocenters. The van der Waals surface area contributed by atoms with Gasteiger partial charge in [-0.15, -0.1) is 0 Å². The lowest BCUT2D eigenvalue weighted by Crippen LogP contribution is -2.30. The number of ketones is 1. The molecule has 0 spiro atoms. The van der Waals surface area contributed by atoms with Gasteiger partial charge in [0.15, 0.2) is 5.78 Å². The van der Waals surface area contributed by atoms with E-state index in [1.54, 1.807) is 6.20 Å². The van der Waals surface area contributed by atoms with Crippen molar-refractivity contribution in [1.29, 1.82) is 0 Å². The Morgan fingerprint density at radius 1 is 1.32 bits per heavy atom. The Morgan fingerprint density at radius 2 is 2.00 bits per heavy atom. The van der Waals surface area contributed by atoms with Gasteiger partial charge < -0.3 is 0 Å². The minimum atomic E-state index is -0.101. The molecule has 0 amide bonds. The number of Topliss-reactive ketones (excluding diaryl/α,β-unsaturated/α-hetero) is 1. The lowest BCUT2D eigenvalue weighted by Gasteiger charge is -2.34. The molecule has 0 aliphatic heterocycles. The number of carbonyl (C=O) groups excluding carboxylic acids is 1. The van der Waals surface area contributed by atoms with E-state index in [-0.39, 0.29) is 16.0 Å². The number of nitrogens with zero attached hydrogens (tertiary/aromatic N) is 2. The van der Waals surface area contributed by atoms with Gasteiger partial charge in [0.25, 0.3) is 0 Å². The molecule has 4 heteroatoms. The van der Waals surface area contributed by atoms with Crippen LogP contribution in [0.5, 0.6) is 0 Å². The van der Waals surface area contributed by atoms with E-state index in [2.05, 4.69) is 34.9 Å². The molecule has 1 aromatic carbocycles. The summed E-state index contributed by atoms with van der Waals surface area (Å²) in [5.74, 6) is 0.179. The highest BCUT2D eigenvalue weighted by molar-refractivity contribution is 9.09. The molecule has 1 aromatic heterocycles. The summed E-state index contributed by atoms with van der Waals surface area (Å²) < 4.78 is 1.87. The van der Waals surface area contributed by atoms with Gasteiger partial charge in [0.2, 0.25) is 0 Å². The van der Waals surface area contributed by atoms with Crippen LogP contribution in [0.3, 0.4) is 0 Å². The molecular formula is C15H15BrN2O. The van der Waals surface area contributed by atoms with Crippen LogP contribution in [0, 0.1) is 5.41 Å². The number of fused-ring (bicyclic) bond motifs is 1. The average Bonchev–Trinajstić information content (AvgIpc) is 2.82. The molecule has 2 aromatic rings. The number of carbonyl (C=O) groups is 1. The van der Waals surface area contributed by atoms with Gasteiger partial charge in [0, 0.05) is 6.42 Å². The first kappa shape index (κ1) is 12.6. The monoisotopic (exact) mass is 318 g/mol. The second kappa shape index (κ2) is 4.30. The van der Waals surface area contributed by atoms with E-state index in [1.165, 1.54) is 0 Å². The van der Waals surface area contributed by atoms with E-state index in [0.29, 0.717) is 6.42 Å². The molecule has 0 bridgehead atoms. The predicted molar refractivity (Wildman–Crippen MR) is 78.0 cm³/mol. The summed E-state index contributed by atoms with van der Waals surface area (Å²) in [7, 11) is 0. The topological polar surface area (TPSA) is 34.9 Å². The minimum absolute atomic E-state index is 0.101. The Balaban J connectivity index is 2.20. The van der Waals surface area contributed by atoms with E-state index in [9.17, 15) is 4.79 Å². The lowest BCUT2D eigenvalue weighted by atomic mass is 9.76. The third-order valence-electron chi connectivity index (χ3n) is 3.65. The standard InChI is InChI=1S/C15H15BrN2O/c1-15(2)8-12(19)11-9-17-18(13(11)14(15)16)10-6-4-3-5-7-10/h3-7,9,14H,8H2,1-2H3/t14-/m0/s1. The van der Waals surface area contributed by atoms with Crippen LogP contribution in [0.15, 0.2) is 36.5 Å². The molecule has 0 N–H and O–H groups in total. The van der Waals surface area contributed by atoms with Crippen LogP contribution < -0.4 is 0 Å². The van der Waals surface area contributed by atoms with Crippen LogP contribution >= 0.6 is 15.9 Å². The first-order valence-electron chi connectivity index (χ1n) is 6.31. The smallest absolute Gasteiger partial charge is 0.166 e. The maximum atomic E-state index is 12.2. The van der Waals surface area contributed by atoms with Crippen molar-refractivity contribution in [2.45, 2.75) is 25.1 Å². The molecule has 1 atom stereocenters. The van der Waals surface area contributed by atoms with E-state index < -0.39 is 0 Å². The maximum Gasteiger partial charge on any atom is 0.166 e. The minimum Gasteiger partial charge on any atom is -0.294 e. The van der Waals surface area contributed by atoms with Gasteiger partial charge in [0.1, 0.15) is 0 Å². The molecule has 3 rings (SSSR count). The summed E-state index contributed by atoms with van der Waals surface area (Å²) in [6.07, 6.45) is 2.24. The zero-order valence-corrected chi connectivity index (χ0v) is 12.5. The van der Waals surface area contributed by atoms with Gasteiger partial charge in [0.05, 0.1) is 28.0 Å². The van der Waals surface area contributed by atoms with Crippen LogP contribution in [0.1, 0.15) is 41.1 Å². The molecular weight excluding hydrogens is 304 g/mol. The second-order valence-corrected chi connectivity index (χ2v) is 6.56. The first-order valence-corrected chi connectivity index (χ1v) is 7.23. The summed E-state index contributed by atoms with van der Waals surface area (Å²) in [6.45, 7) is 4.21. The third-order valence-corrected chi connectivity index (χ3v) is 5.32. The molecule has 98 valence electrons. The number of alkyl halides is 1. The van der Waals surface area contributed by atoms with Gasteiger partial charge >= 0.3 is 0 Å². The molecule has 1 aliphatic carbocycles. The number of benzene rings is 1. The molecule has 0 saturated carbocycles. The average molecular weight is 319 g/mol. The van der Waals surface area contributed by atoms with Crippen LogP contribution in [0.25, 0.3) is 5.69 Å². The Bertz CT molecular complexity index is 631. The molecule has 1 heterocycles. The molecule has 3 nitrogen and oxygen atoms in total. The zero-order chi connectivity index (χ0) is 13.6. The molecule has 0 fully saturated rings. The normalized spacial score (nSPS) is 21.2. The van der Waals surface area contributed by atoms with Crippen LogP contribution in [0.2, 0.25) is 0 Å². The van der Waals surface area contributed by atoms with E-state index >= 15 is 0 Å². The van der Waals surface area contributed by atoms with Crippen molar-refractivity contribution < 1.29 is 4.79 Å².